The lowest BCUT2D eigenvalue weighted by atomic mass is 9.85. The fraction of sp³-hybridized carbons (Fsp3) is 0.560. The second-order valence-corrected chi connectivity index (χ2v) is 9.56. The van der Waals surface area contributed by atoms with Gasteiger partial charge in [0.25, 0.3) is 0 Å². The van der Waals surface area contributed by atoms with Crippen LogP contribution in [0.2, 0.25) is 0 Å². The van der Waals surface area contributed by atoms with Crippen molar-refractivity contribution in [2.24, 2.45) is 17.8 Å². The number of benzene rings is 1. The van der Waals surface area contributed by atoms with Gasteiger partial charge in [0, 0.05) is 30.9 Å². The van der Waals surface area contributed by atoms with E-state index >= 15 is 0 Å². The topological polar surface area (TPSA) is 82.9 Å². The van der Waals surface area contributed by atoms with Crippen LogP contribution in [0.15, 0.2) is 24.3 Å². The van der Waals surface area contributed by atoms with E-state index in [1.165, 1.54) is 31.4 Å². The van der Waals surface area contributed by atoms with Crippen LogP contribution in [0.4, 0.5) is 10.2 Å². The zero-order chi connectivity index (χ0) is 22.1. The Balaban J connectivity index is 1.28. The molecule has 0 amide bonds. The summed E-state index contributed by atoms with van der Waals surface area (Å²) >= 11 is 0. The summed E-state index contributed by atoms with van der Waals surface area (Å²) in [6, 6.07) is 9.34. The van der Waals surface area contributed by atoms with E-state index in [0.717, 1.165) is 49.6 Å². The first-order valence-electron chi connectivity index (χ1n) is 11.7. The third kappa shape index (κ3) is 4.22. The summed E-state index contributed by atoms with van der Waals surface area (Å²) in [5.74, 6) is 2.39. The first kappa shape index (κ1) is 21.3. The molecule has 1 saturated carbocycles. The molecule has 32 heavy (non-hydrogen) atoms. The van der Waals surface area contributed by atoms with Gasteiger partial charge in [0.15, 0.2) is 5.82 Å². The van der Waals surface area contributed by atoms with Gasteiger partial charge in [0.1, 0.15) is 17.4 Å². The predicted octanol–water partition coefficient (Wildman–Crippen LogP) is 4.06. The Morgan fingerprint density at radius 2 is 1.97 bits per heavy atom. The molecule has 3 fully saturated rings. The van der Waals surface area contributed by atoms with Gasteiger partial charge in [-0.1, -0.05) is 0 Å². The molecule has 2 saturated heterocycles. The zero-order valence-electron chi connectivity index (χ0n) is 18.5. The summed E-state index contributed by atoms with van der Waals surface area (Å²) in [7, 11) is 0. The normalized spacial score (nSPS) is 27.8. The quantitative estimate of drug-likeness (QED) is 0.737. The van der Waals surface area contributed by atoms with E-state index in [0.29, 0.717) is 41.0 Å². The number of nitrogens with one attached hydrogen (secondary N) is 2. The van der Waals surface area contributed by atoms with Crippen molar-refractivity contribution in [1.29, 1.82) is 5.26 Å². The van der Waals surface area contributed by atoms with Crippen molar-refractivity contribution in [3.63, 3.8) is 0 Å². The highest BCUT2D eigenvalue weighted by molar-refractivity contribution is 5.69. The standard InChI is InChI=1S/C25H30FN5O/c1-15-22(13-27)25(31-30-24(15)17-2-4-19(26)5-3-17)29-20-11-18-14-28-23(21(18)12-20)10-16-6-8-32-9-7-16/h2-5,16,18,20-21,23,28H,6-12,14H2,1H3,(H,29,31)/t18-,20+,21+,23+/m1/s1. The fourth-order valence-corrected chi connectivity index (χ4v) is 5.89. The Hall–Kier alpha value is -2.56. The zero-order valence-corrected chi connectivity index (χ0v) is 18.5. The van der Waals surface area contributed by atoms with E-state index < -0.39 is 0 Å². The molecule has 0 radical (unpaired) electrons. The van der Waals surface area contributed by atoms with Crippen molar-refractivity contribution in [2.75, 3.05) is 25.1 Å². The Morgan fingerprint density at radius 3 is 2.72 bits per heavy atom. The maximum absolute atomic E-state index is 13.3. The number of anilines is 1. The van der Waals surface area contributed by atoms with Crippen molar-refractivity contribution in [1.82, 2.24) is 15.5 Å². The minimum Gasteiger partial charge on any atom is -0.381 e. The highest BCUT2D eigenvalue weighted by Gasteiger charge is 2.44. The van der Waals surface area contributed by atoms with Gasteiger partial charge in [-0.3, -0.25) is 0 Å². The fourth-order valence-electron chi connectivity index (χ4n) is 5.89. The Morgan fingerprint density at radius 1 is 1.19 bits per heavy atom. The van der Waals surface area contributed by atoms with Gasteiger partial charge in [-0.15, -0.1) is 10.2 Å². The third-order valence-electron chi connectivity index (χ3n) is 7.62. The molecule has 2 aliphatic heterocycles. The molecule has 0 spiro atoms. The molecule has 2 N–H and O–H groups in total. The number of rotatable bonds is 5. The molecule has 1 aliphatic carbocycles. The highest BCUT2D eigenvalue weighted by atomic mass is 19.1. The number of nitrogens with zero attached hydrogens (tertiary/aromatic N) is 3. The number of ether oxygens (including phenoxy) is 1. The average molecular weight is 436 g/mol. The molecule has 1 aromatic heterocycles. The van der Waals surface area contributed by atoms with Crippen LogP contribution >= 0.6 is 0 Å². The first-order valence-corrected chi connectivity index (χ1v) is 11.7. The maximum atomic E-state index is 13.3. The molecule has 3 aliphatic rings. The van der Waals surface area contributed by atoms with E-state index in [1.54, 1.807) is 12.1 Å². The number of hydrogen-bond acceptors (Lipinski definition) is 6. The van der Waals surface area contributed by atoms with Crippen LogP contribution in [0.3, 0.4) is 0 Å². The number of nitriles is 1. The smallest absolute Gasteiger partial charge is 0.167 e. The maximum Gasteiger partial charge on any atom is 0.167 e. The summed E-state index contributed by atoms with van der Waals surface area (Å²) in [6.07, 6.45) is 5.78. The van der Waals surface area contributed by atoms with Crippen LogP contribution < -0.4 is 10.6 Å². The molecule has 5 rings (SSSR count). The number of halogens is 1. The van der Waals surface area contributed by atoms with Crippen molar-refractivity contribution in [3.05, 3.63) is 41.2 Å². The lowest BCUT2D eigenvalue weighted by Crippen LogP contribution is -2.33. The predicted molar refractivity (Wildman–Crippen MR) is 120 cm³/mol. The van der Waals surface area contributed by atoms with E-state index in [2.05, 4.69) is 26.9 Å². The van der Waals surface area contributed by atoms with Gasteiger partial charge >= 0.3 is 0 Å². The second kappa shape index (κ2) is 9.13. The van der Waals surface area contributed by atoms with Crippen LogP contribution in [0.1, 0.15) is 43.2 Å². The summed E-state index contributed by atoms with van der Waals surface area (Å²) in [4.78, 5) is 0. The van der Waals surface area contributed by atoms with Crippen molar-refractivity contribution >= 4 is 5.82 Å². The molecule has 4 atom stereocenters. The summed E-state index contributed by atoms with van der Waals surface area (Å²) < 4.78 is 18.8. The van der Waals surface area contributed by atoms with Gasteiger partial charge in [0.2, 0.25) is 0 Å². The van der Waals surface area contributed by atoms with Gasteiger partial charge < -0.3 is 15.4 Å². The van der Waals surface area contributed by atoms with Gasteiger partial charge in [-0.25, -0.2) is 4.39 Å². The molecular formula is C25H30FN5O. The van der Waals surface area contributed by atoms with Crippen LogP contribution in [0.5, 0.6) is 0 Å². The minimum atomic E-state index is -0.297. The molecule has 2 aromatic rings. The van der Waals surface area contributed by atoms with Crippen molar-refractivity contribution < 1.29 is 9.13 Å². The van der Waals surface area contributed by atoms with Crippen LogP contribution in [0, 0.1) is 41.8 Å². The molecular weight excluding hydrogens is 405 g/mol. The highest BCUT2D eigenvalue weighted by Crippen LogP contribution is 2.42. The number of hydrogen-bond donors (Lipinski definition) is 2. The molecule has 168 valence electrons. The Labute approximate surface area is 188 Å². The van der Waals surface area contributed by atoms with E-state index in [4.69, 9.17) is 4.74 Å². The second-order valence-electron chi connectivity index (χ2n) is 9.56. The SMILES string of the molecule is Cc1c(-c2ccc(F)cc2)nnc(N[C@H]2C[C@@H]3CN[C@@H](CC4CCOCC4)[C@H]3C2)c1C#N. The van der Waals surface area contributed by atoms with Crippen LogP contribution in [-0.2, 0) is 4.74 Å². The van der Waals surface area contributed by atoms with Crippen LogP contribution in [0.25, 0.3) is 11.3 Å². The molecule has 1 aromatic carbocycles. The van der Waals surface area contributed by atoms with Crippen molar-refractivity contribution in [2.45, 2.75) is 51.1 Å². The van der Waals surface area contributed by atoms with E-state index in [1.807, 2.05) is 6.92 Å². The van der Waals surface area contributed by atoms with Crippen LogP contribution in [-0.4, -0.2) is 42.0 Å². The first-order chi connectivity index (χ1) is 15.6. The molecule has 3 heterocycles. The summed E-state index contributed by atoms with van der Waals surface area (Å²) in [5.41, 5.74) is 2.68. The lowest BCUT2D eigenvalue weighted by molar-refractivity contribution is 0.0594. The Bertz CT molecular complexity index is 999. The third-order valence-corrected chi connectivity index (χ3v) is 7.62. The largest absolute Gasteiger partial charge is 0.381 e. The molecule has 0 bridgehead atoms. The molecule has 6 nitrogen and oxygen atoms in total. The van der Waals surface area contributed by atoms with Crippen molar-refractivity contribution in [3.8, 4) is 17.3 Å². The molecule has 7 heteroatoms. The van der Waals surface area contributed by atoms with Gasteiger partial charge in [0.05, 0.1) is 5.69 Å². The molecule has 0 unspecified atom stereocenters. The van der Waals surface area contributed by atoms with E-state index in [9.17, 15) is 9.65 Å². The van der Waals surface area contributed by atoms with E-state index in [-0.39, 0.29) is 5.82 Å². The monoisotopic (exact) mass is 435 g/mol. The van der Waals surface area contributed by atoms with Gasteiger partial charge in [-0.05, 0) is 93.2 Å². The summed E-state index contributed by atoms with van der Waals surface area (Å²) in [6.45, 7) is 4.77. The number of aromatic nitrogens is 2. The number of fused-ring (bicyclic) bond motifs is 1. The minimum absolute atomic E-state index is 0.297. The summed E-state index contributed by atoms with van der Waals surface area (Å²) in [5, 5.41) is 25.9. The average Bonchev–Trinajstić information content (AvgIpc) is 3.37. The van der Waals surface area contributed by atoms with Gasteiger partial charge in [-0.2, -0.15) is 5.26 Å². The Kier molecular flexibility index (Phi) is 6.07. The lowest BCUT2D eigenvalue weighted by Gasteiger charge is -2.27.